The normalized spacial score (nSPS) is 10.3. The molecule has 2 aromatic rings. The molecule has 0 spiro atoms. The Hall–Kier alpha value is -0.840. The van der Waals surface area contributed by atoms with Crippen molar-refractivity contribution < 1.29 is 9.53 Å². The molecule has 0 saturated carbocycles. The molecule has 0 aliphatic carbocycles. The molecule has 0 heterocycles. The topological polar surface area (TPSA) is 26.3 Å². The van der Waals surface area contributed by atoms with Gasteiger partial charge in [0.2, 0.25) is 0 Å². The second kappa shape index (κ2) is 6.07. The quantitative estimate of drug-likeness (QED) is 0.665. The first kappa shape index (κ1) is 14.6. The third-order valence-electron chi connectivity index (χ3n) is 2.58. The van der Waals surface area contributed by atoms with Gasteiger partial charge < -0.3 is 4.74 Å². The molecule has 0 bridgehead atoms. The summed E-state index contributed by atoms with van der Waals surface area (Å²) in [5.74, 6) is 0.364. The molecule has 0 aliphatic heterocycles. The van der Waals surface area contributed by atoms with Crippen molar-refractivity contribution in [3.05, 3.63) is 61.5 Å². The highest BCUT2D eigenvalue weighted by Crippen LogP contribution is 2.29. The smallest absolute Gasteiger partial charge is 0.197 e. The molecule has 0 atom stereocenters. The number of ether oxygens (including phenoxy) is 1. The summed E-state index contributed by atoms with van der Waals surface area (Å²) in [5, 5.41) is 0.498. The zero-order chi connectivity index (χ0) is 14.0. The first-order valence-electron chi connectivity index (χ1n) is 5.36. The Labute approximate surface area is 133 Å². The van der Waals surface area contributed by atoms with Crippen molar-refractivity contribution in [3.8, 4) is 5.75 Å². The molecular formula is C14H9Br2ClO2. The zero-order valence-electron chi connectivity index (χ0n) is 9.91. The lowest BCUT2D eigenvalue weighted by atomic mass is 10.0. The summed E-state index contributed by atoms with van der Waals surface area (Å²) in [6, 6.07) is 10.4. The molecule has 0 N–H and O–H groups in total. The third-order valence-corrected chi connectivity index (χ3v) is 3.97. The van der Waals surface area contributed by atoms with Crippen LogP contribution in [0, 0.1) is 0 Å². The van der Waals surface area contributed by atoms with Crippen molar-refractivity contribution in [3.63, 3.8) is 0 Å². The molecule has 19 heavy (non-hydrogen) atoms. The van der Waals surface area contributed by atoms with Gasteiger partial charge in [-0.05, 0) is 52.3 Å². The number of rotatable bonds is 3. The van der Waals surface area contributed by atoms with Gasteiger partial charge in [0, 0.05) is 19.5 Å². The molecular weight excluding hydrogens is 395 g/mol. The van der Waals surface area contributed by atoms with E-state index in [1.807, 2.05) is 12.1 Å². The van der Waals surface area contributed by atoms with Crippen LogP contribution < -0.4 is 4.74 Å². The molecule has 2 rings (SSSR count). The number of benzene rings is 2. The molecule has 0 aliphatic rings. The van der Waals surface area contributed by atoms with E-state index in [-0.39, 0.29) is 5.78 Å². The maximum atomic E-state index is 12.5. The summed E-state index contributed by atoms with van der Waals surface area (Å²) in [7, 11) is 1.52. The Morgan fingerprint density at radius 1 is 1.11 bits per heavy atom. The molecule has 5 heteroatoms. The molecule has 98 valence electrons. The van der Waals surface area contributed by atoms with E-state index >= 15 is 0 Å². The summed E-state index contributed by atoms with van der Waals surface area (Å²) < 4.78 is 6.82. The Balaban J connectivity index is 2.52. The highest BCUT2D eigenvalue weighted by molar-refractivity contribution is 9.11. The fraction of sp³-hybridized carbons (Fsp3) is 0.0714. The van der Waals surface area contributed by atoms with Crippen LogP contribution in [-0.4, -0.2) is 12.9 Å². The van der Waals surface area contributed by atoms with Gasteiger partial charge in [0.05, 0.1) is 12.7 Å². The number of halogens is 3. The summed E-state index contributed by atoms with van der Waals surface area (Å²) in [6.07, 6.45) is 0. The van der Waals surface area contributed by atoms with Crippen molar-refractivity contribution in [2.75, 3.05) is 7.11 Å². The first-order chi connectivity index (χ1) is 9.02. The zero-order valence-corrected chi connectivity index (χ0v) is 13.8. The van der Waals surface area contributed by atoms with E-state index in [9.17, 15) is 4.79 Å². The van der Waals surface area contributed by atoms with Gasteiger partial charge in [0.25, 0.3) is 0 Å². The maximum absolute atomic E-state index is 12.5. The SMILES string of the molecule is COc1ccc(Cl)cc1C(=O)c1ccc(Br)cc1Br. The molecule has 0 unspecified atom stereocenters. The fourth-order valence-corrected chi connectivity index (χ4v) is 3.08. The lowest BCUT2D eigenvalue weighted by molar-refractivity contribution is 0.103. The van der Waals surface area contributed by atoms with Crippen LogP contribution in [0.25, 0.3) is 0 Å². The summed E-state index contributed by atoms with van der Waals surface area (Å²) >= 11 is 12.7. The Kier molecular flexibility index (Phi) is 4.66. The van der Waals surface area contributed by atoms with Crippen LogP contribution in [0.1, 0.15) is 15.9 Å². The van der Waals surface area contributed by atoms with Crippen LogP contribution in [-0.2, 0) is 0 Å². The predicted molar refractivity (Wildman–Crippen MR) is 83.3 cm³/mol. The number of hydrogen-bond acceptors (Lipinski definition) is 2. The van der Waals surface area contributed by atoms with E-state index < -0.39 is 0 Å². The van der Waals surface area contributed by atoms with Gasteiger partial charge in [0.1, 0.15) is 5.75 Å². The summed E-state index contributed by atoms with van der Waals surface area (Å²) in [6.45, 7) is 0. The van der Waals surface area contributed by atoms with Crippen molar-refractivity contribution in [2.45, 2.75) is 0 Å². The van der Waals surface area contributed by atoms with Crippen molar-refractivity contribution in [2.24, 2.45) is 0 Å². The maximum Gasteiger partial charge on any atom is 0.197 e. The van der Waals surface area contributed by atoms with Crippen molar-refractivity contribution in [1.82, 2.24) is 0 Å². The summed E-state index contributed by atoms with van der Waals surface area (Å²) in [5.41, 5.74) is 1.00. The number of hydrogen-bond donors (Lipinski definition) is 0. The standard InChI is InChI=1S/C14H9Br2ClO2/c1-19-13-5-3-9(17)7-11(13)14(18)10-4-2-8(15)6-12(10)16/h2-7H,1H3. The highest BCUT2D eigenvalue weighted by atomic mass is 79.9. The molecule has 0 aromatic heterocycles. The van der Waals surface area contributed by atoms with Crippen LogP contribution in [0.3, 0.4) is 0 Å². The molecule has 0 radical (unpaired) electrons. The number of carbonyl (C=O) groups is 1. The second-order valence-electron chi connectivity index (χ2n) is 3.80. The van der Waals surface area contributed by atoms with Gasteiger partial charge >= 0.3 is 0 Å². The minimum Gasteiger partial charge on any atom is -0.496 e. The van der Waals surface area contributed by atoms with Crippen molar-refractivity contribution >= 4 is 49.2 Å². The lowest BCUT2D eigenvalue weighted by Gasteiger charge is -2.09. The van der Waals surface area contributed by atoms with E-state index in [2.05, 4.69) is 31.9 Å². The Morgan fingerprint density at radius 2 is 1.84 bits per heavy atom. The van der Waals surface area contributed by atoms with Gasteiger partial charge in [-0.25, -0.2) is 0 Å². The largest absolute Gasteiger partial charge is 0.496 e. The minimum atomic E-state index is -0.140. The van der Waals surface area contributed by atoms with E-state index in [1.54, 1.807) is 24.3 Å². The summed E-state index contributed by atoms with van der Waals surface area (Å²) in [4.78, 5) is 12.5. The van der Waals surface area contributed by atoms with Gasteiger partial charge in [-0.15, -0.1) is 0 Å². The monoisotopic (exact) mass is 402 g/mol. The first-order valence-corrected chi connectivity index (χ1v) is 7.32. The minimum absolute atomic E-state index is 0.140. The van der Waals surface area contributed by atoms with E-state index in [4.69, 9.17) is 16.3 Å². The number of carbonyl (C=O) groups excluding carboxylic acids is 1. The van der Waals surface area contributed by atoms with Crippen LogP contribution in [0.4, 0.5) is 0 Å². The average molecular weight is 404 g/mol. The number of methoxy groups -OCH3 is 1. The third kappa shape index (κ3) is 3.19. The van der Waals surface area contributed by atoms with Crippen LogP contribution in [0.5, 0.6) is 5.75 Å². The number of ketones is 1. The Bertz CT molecular complexity index is 641. The Morgan fingerprint density at radius 3 is 2.47 bits per heavy atom. The molecule has 0 saturated heterocycles. The van der Waals surface area contributed by atoms with E-state index in [1.165, 1.54) is 7.11 Å². The molecule has 2 aromatic carbocycles. The van der Waals surface area contributed by atoms with Crippen LogP contribution in [0.2, 0.25) is 5.02 Å². The van der Waals surface area contributed by atoms with E-state index in [0.717, 1.165) is 4.47 Å². The highest BCUT2D eigenvalue weighted by Gasteiger charge is 2.17. The van der Waals surface area contributed by atoms with Gasteiger partial charge in [-0.3, -0.25) is 4.79 Å². The van der Waals surface area contributed by atoms with Crippen molar-refractivity contribution in [1.29, 1.82) is 0 Å². The van der Waals surface area contributed by atoms with Gasteiger partial charge in [0.15, 0.2) is 5.78 Å². The molecule has 0 fully saturated rings. The van der Waals surface area contributed by atoms with E-state index in [0.29, 0.717) is 26.4 Å². The lowest BCUT2D eigenvalue weighted by Crippen LogP contribution is -2.05. The van der Waals surface area contributed by atoms with Crippen LogP contribution >= 0.6 is 43.5 Å². The van der Waals surface area contributed by atoms with Crippen LogP contribution in [0.15, 0.2) is 45.3 Å². The predicted octanol–water partition coefficient (Wildman–Crippen LogP) is 5.10. The fourth-order valence-electron chi connectivity index (χ4n) is 1.68. The van der Waals surface area contributed by atoms with Gasteiger partial charge in [-0.2, -0.15) is 0 Å². The molecule has 0 amide bonds. The second-order valence-corrected chi connectivity index (χ2v) is 6.00. The average Bonchev–Trinajstić information content (AvgIpc) is 2.38. The molecule has 2 nitrogen and oxygen atoms in total. The van der Waals surface area contributed by atoms with Gasteiger partial charge in [-0.1, -0.05) is 27.5 Å².